The summed E-state index contributed by atoms with van der Waals surface area (Å²) in [5, 5.41) is 4.50. The molecule has 3 atom stereocenters. The minimum atomic E-state index is 0.340. The van der Waals surface area contributed by atoms with E-state index in [0.29, 0.717) is 17.9 Å². The molecule has 1 N–H and O–H groups in total. The lowest BCUT2D eigenvalue weighted by molar-refractivity contribution is 0.425. The molecule has 2 nitrogen and oxygen atoms in total. The number of hydrogen-bond acceptors (Lipinski definition) is 2. The Morgan fingerprint density at radius 3 is 2.85 bits per heavy atom. The largest absolute Gasteiger partial charge is 0.378 e. The first kappa shape index (κ1) is 12.0. The second-order valence-electron chi connectivity index (χ2n) is 5.49. The number of pyridine rings is 1. The quantitative estimate of drug-likeness (QED) is 0.776. The van der Waals surface area contributed by atoms with Crippen LogP contribution >= 0.6 is 11.6 Å². The minimum Gasteiger partial charge on any atom is -0.378 e. The fourth-order valence-electron chi connectivity index (χ4n) is 3.47. The van der Waals surface area contributed by atoms with Gasteiger partial charge in [0.25, 0.3) is 0 Å². The van der Waals surface area contributed by atoms with Crippen LogP contribution in [-0.2, 0) is 0 Å². The first-order chi connectivity index (χ1) is 9.83. The van der Waals surface area contributed by atoms with Gasteiger partial charge >= 0.3 is 0 Å². The van der Waals surface area contributed by atoms with Crippen LogP contribution in [0.15, 0.2) is 54.9 Å². The number of anilines is 1. The molecule has 1 aliphatic carbocycles. The van der Waals surface area contributed by atoms with E-state index in [1.807, 2.05) is 18.5 Å². The third kappa shape index (κ3) is 1.83. The second kappa shape index (κ2) is 4.64. The summed E-state index contributed by atoms with van der Waals surface area (Å²) in [7, 11) is 0. The summed E-state index contributed by atoms with van der Waals surface area (Å²) >= 11 is 6.16. The zero-order valence-corrected chi connectivity index (χ0v) is 11.7. The highest BCUT2D eigenvalue weighted by Gasteiger charge is 2.37. The van der Waals surface area contributed by atoms with E-state index in [-0.39, 0.29) is 0 Å². The van der Waals surface area contributed by atoms with E-state index in [1.165, 1.54) is 16.8 Å². The molecule has 1 aromatic heterocycles. The number of allylic oxidation sites excluding steroid dienone is 2. The first-order valence-corrected chi connectivity index (χ1v) is 7.33. The molecule has 0 fully saturated rings. The lowest BCUT2D eigenvalue weighted by Gasteiger charge is -2.37. The highest BCUT2D eigenvalue weighted by atomic mass is 35.5. The number of hydrogen-bond donors (Lipinski definition) is 1. The number of halogens is 1. The molecule has 0 radical (unpaired) electrons. The Balaban J connectivity index is 1.80. The van der Waals surface area contributed by atoms with Gasteiger partial charge in [-0.25, -0.2) is 0 Å². The molecule has 0 saturated heterocycles. The lowest BCUT2D eigenvalue weighted by Crippen LogP contribution is -2.29. The number of nitrogens with zero attached hydrogens (tertiary/aromatic N) is 1. The molecule has 3 heteroatoms. The van der Waals surface area contributed by atoms with Crippen LogP contribution in [0.25, 0.3) is 0 Å². The Hall–Kier alpha value is -1.80. The van der Waals surface area contributed by atoms with Crippen LogP contribution in [0, 0.1) is 5.92 Å². The summed E-state index contributed by atoms with van der Waals surface area (Å²) < 4.78 is 0. The normalized spacial score (nSPS) is 26.8. The lowest BCUT2D eigenvalue weighted by atomic mass is 9.77. The highest BCUT2D eigenvalue weighted by molar-refractivity contribution is 6.30. The third-order valence-electron chi connectivity index (χ3n) is 4.39. The fourth-order valence-corrected chi connectivity index (χ4v) is 3.65. The van der Waals surface area contributed by atoms with Crippen molar-refractivity contribution in [2.75, 3.05) is 5.32 Å². The molecule has 4 rings (SSSR count). The molecule has 0 unspecified atom stereocenters. The maximum atomic E-state index is 6.16. The minimum absolute atomic E-state index is 0.340. The van der Waals surface area contributed by atoms with E-state index in [1.54, 1.807) is 0 Å². The van der Waals surface area contributed by atoms with E-state index >= 15 is 0 Å². The van der Waals surface area contributed by atoms with Gasteiger partial charge in [0.1, 0.15) is 0 Å². The van der Waals surface area contributed by atoms with Crippen molar-refractivity contribution in [1.82, 2.24) is 4.98 Å². The summed E-state index contributed by atoms with van der Waals surface area (Å²) in [6.45, 7) is 0. The number of nitrogens with one attached hydrogen (secondary N) is 1. The Labute approximate surface area is 123 Å². The summed E-state index contributed by atoms with van der Waals surface area (Å²) in [4.78, 5) is 4.12. The fraction of sp³-hybridized carbons (Fsp3) is 0.235. The average molecular weight is 283 g/mol. The van der Waals surface area contributed by atoms with E-state index in [9.17, 15) is 0 Å². The van der Waals surface area contributed by atoms with Crippen molar-refractivity contribution >= 4 is 17.3 Å². The first-order valence-electron chi connectivity index (χ1n) is 6.95. The van der Waals surface area contributed by atoms with Gasteiger partial charge in [-0.15, -0.1) is 0 Å². The van der Waals surface area contributed by atoms with Crippen LogP contribution < -0.4 is 5.32 Å². The van der Waals surface area contributed by atoms with Crippen molar-refractivity contribution in [3.8, 4) is 0 Å². The summed E-state index contributed by atoms with van der Waals surface area (Å²) in [5.74, 6) is 1.02. The van der Waals surface area contributed by atoms with Crippen molar-refractivity contribution < 1.29 is 0 Å². The van der Waals surface area contributed by atoms with Crippen molar-refractivity contribution in [1.29, 1.82) is 0 Å². The molecule has 100 valence electrons. The molecule has 20 heavy (non-hydrogen) atoms. The van der Waals surface area contributed by atoms with Crippen molar-refractivity contribution in [2.24, 2.45) is 5.92 Å². The van der Waals surface area contributed by atoms with Gasteiger partial charge in [0.05, 0.1) is 6.04 Å². The molecule has 2 aromatic rings. The number of benzene rings is 1. The Bertz CT molecular complexity index is 666. The molecular weight excluding hydrogens is 268 g/mol. The summed E-state index contributed by atoms with van der Waals surface area (Å²) in [6.07, 6.45) is 9.46. The van der Waals surface area contributed by atoms with Crippen LogP contribution in [0.3, 0.4) is 0 Å². The second-order valence-corrected chi connectivity index (χ2v) is 5.92. The van der Waals surface area contributed by atoms with Gasteiger partial charge in [0.2, 0.25) is 0 Å². The molecule has 2 aliphatic rings. The van der Waals surface area contributed by atoms with Crippen LogP contribution in [0.1, 0.15) is 29.5 Å². The number of fused-ring (bicyclic) bond motifs is 3. The molecule has 1 aliphatic heterocycles. The van der Waals surface area contributed by atoms with Crippen LogP contribution in [0.4, 0.5) is 5.69 Å². The maximum absolute atomic E-state index is 6.16. The molecule has 0 saturated carbocycles. The SMILES string of the molecule is Clc1ccc2c(c1)[C@H]1C=CC[C@@H]1[C@@H](c1ccncc1)N2. The van der Waals surface area contributed by atoms with Gasteiger partial charge < -0.3 is 5.32 Å². The predicted octanol–water partition coefficient (Wildman–Crippen LogP) is 4.56. The molecule has 0 bridgehead atoms. The zero-order chi connectivity index (χ0) is 13.5. The number of aromatic nitrogens is 1. The van der Waals surface area contributed by atoms with Crippen molar-refractivity contribution in [3.63, 3.8) is 0 Å². The molecular formula is C17H15ClN2. The topological polar surface area (TPSA) is 24.9 Å². The standard InChI is InChI=1S/C17H15ClN2/c18-12-4-5-16-15(10-12)13-2-1-3-14(13)17(20-16)11-6-8-19-9-7-11/h1-2,4-10,13-14,17,20H,3H2/t13-,14-,17+/m0/s1. The smallest absolute Gasteiger partial charge is 0.0555 e. The summed E-state index contributed by atoms with van der Waals surface area (Å²) in [6, 6.07) is 10.7. The van der Waals surface area contributed by atoms with Crippen LogP contribution in [0.2, 0.25) is 5.02 Å². The molecule has 2 heterocycles. The molecule has 0 amide bonds. The van der Waals surface area contributed by atoms with Crippen LogP contribution in [0.5, 0.6) is 0 Å². The monoisotopic (exact) mass is 282 g/mol. The van der Waals surface area contributed by atoms with Gasteiger partial charge in [-0.05, 0) is 53.8 Å². The van der Waals surface area contributed by atoms with Crippen molar-refractivity contribution in [2.45, 2.75) is 18.4 Å². The van der Waals surface area contributed by atoms with Gasteiger partial charge in [0.15, 0.2) is 0 Å². The van der Waals surface area contributed by atoms with E-state index in [2.05, 4.69) is 46.7 Å². The predicted molar refractivity (Wildman–Crippen MR) is 82.0 cm³/mol. The Kier molecular flexibility index (Phi) is 2.78. The van der Waals surface area contributed by atoms with E-state index in [0.717, 1.165) is 11.4 Å². The van der Waals surface area contributed by atoms with Gasteiger partial charge in [-0.1, -0.05) is 23.8 Å². The maximum Gasteiger partial charge on any atom is 0.0555 e. The Morgan fingerprint density at radius 2 is 2.00 bits per heavy atom. The molecule has 0 spiro atoms. The molecule has 1 aromatic carbocycles. The van der Waals surface area contributed by atoms with E-state index in [4.69, 9.17) is 11.6 Å². The third-order valence-corrected chi connectivity index (χ3v) is 4.63. The van der Waals surface area contributed by atoms with Gasteiger partial charge in [0, 0.05) is 29.0 Å². The number of rotatable bonds is 1. The van der Waals surface area contributed by atoms with Gasteiger partial charge in [-0.2, -0.15) is 0 Å². The van der Waals surface area contributed by atoms with Crippen molar-refractivity contribution in [3.05, 3.63) is 71.0 Å². The average Bonchev–Trinajstić information content (AvgIpc) is 2.97. The zero-order valence-electron chi connectivity index (χ0n) is 11.0. The Morgan fingerprint density at radius 1 is 1.15 bits per heavy atom. The van der Waals surface area contributed by atoms with Crippen LogP contribution in [-0.4, -0.2) is 4.98 Å². The van der Waals surface area contributed by atoms with E-state index < -0.39 is 0 Å². The summed E-state index contributed by atoms with van der Waals surface area (Å²) in [5.41, 5.74) is 3.82. The van der Waals surface area contributed by atoms with Gasteiger partial charge in [-0.3, -0.25) is 4.98 Å². The highest BCUT2D eigenvalue weighted by Crippen LogP contribution is 2.50.